The van der Waals surface area contributed by atoms with E-state index in [-0.39, 0.29) is 18.3 Å². The van der Waals surface area contributed by atoms with Gasteiger partial charge < -0.3 is 15.1 Å². The van der Waals surface area contributed by atoms with Crippen LogP contribution >= 0.6 is 35.3 Å². The summed E-state index contributed by atoms with van der Waals surface area (Å²) in [7, 11) is 3.43. The highest BCUT2D eigenvalue weighted by atomic mass is 35.5. The molecule has 27 heavy (non-hydrogen) atoms. The lowest BCUT2D eigenvalue weighted by molar-refractivity contribution is 0.0828. The molecule has 0 bridgehead atoms. The molecule has 2 fully saturated rings. The highest BCUT2D eigenvalue weighted by Crippen LogP contribution is 2.43. The van der Waals surface area contributed by atoms with Crippen molar-refractivity contribution in [2.75, 3.05) is 45.2 Å². The van der Waals surface area contributed by atoms with Crippen LogP contribution < -0.4 is 10.2 Å². The van der Waals surface area contributed by atoms with Crippen molar-refractivity contribution in [3.8, 4) is 10.6 Å². The normalized spacial score (nSPS) is 18.0. The van der Waals surface area contributed by atoms with E-state index in [1.165, 1.54) is 17.7 Å². The molecule has 1 aromatic heterocycles. The molecule has 2 aliphatic heterocycles. The number of benzene rings is 1. The number of carbonyl (C=O) groups excluding carboxylic acids is 1. The summed E-state index contributed by atoms with van der Waals surface area (Å²) in [5.41, 5.74) is 1.86. The molecule has 2 aromatic rings. The van der Waals surface area contributed by atoms with Crippen LogP contribution in [0.1, 0.15) is 23.2 Å². The van der Waals surface area contributed by atoms with Crippen LogP contribution in [-0.4, -0.2) is 61.3 Å². The number of nitrogens with one attached hydrogen (secondary N) is 1. The summed E-state index contributed by atoms with van der Waals surface area (Å²) in [4.78, 5) is 15.9. The van der Waals surface area contributed by atoms with Gasteiger partial charge in [-0.3, -0.25) is 4.79 Å². The molecule has 2 aliphatic rings. The maximum Gasteiger partial charge on any atom is 0.254 e. The fourth-order valence-corrected chi connectivity index (χ4v) is 4.80. The van der Waals surface area contributed by atoms with Gasteiger partial charge in [0.1, 0.15) is 5.01 Å². The first kappa shape index (κ1) is 20.3. The third-order valence-electron chi connectivity index (χ3n) is 5.25. The molecular weight excluding hydrogens is 405 g/mol. The fraction of sp³-hybridized carbons (Fsp3) is 0.500. The molecule has 146 valence electrons. The van der Waals surface area contributed by atoms with Gasteiger partial charge in [0.25, 0.3) is 5.91 Å². The molecule has 0 unspecified atom stereocenters. The minimum absolute atomic E-state index is 0. The Morgan fingerprint density at radius 1 is 1.26 bits per heavy atom. The maximum atomic E-state index is 12.1. The van der Waals surface area contributed by atoms with Crippen LogP contribution in [-0.2, 0) is 0 Å². The molecular formula is C18H23Cl2N5OS. The first-order valence-corrected chi connectivity index (χ1v) is 9.98. The van der Waals surface area contributed by atoms with Crippen molar-refractivity contribution in [3.63, 3.8) is 0 Å². The molecule has 4 rings (SSSR count). The predicted molar refractivity (Wildman–Crippen MR) is 112 cm³/mol. The van der Waals surface area contributed by atoms with E-state index in [9.17, 15) is 4.79 Å². The van der Waals surface area contributed by atoms with Crippen LogP contribution in [0.25, 0.3) is 10.6 Å². The molecule has 1 amide bonds. The van der Waals surface area contributed by atoms with E-state index in [1.807, 2.05) is 6.07 Å². The van der Waals surface area contributed by atoms with E-state index in [4.69, 9.17) is 11.6 Å². The number of rotatable bonds is 3. The van der Waals surface area contributed by atoms with Crippen molar-refractivity contribution in [1.29, 1.82) is 0 Å². The molecule has 0 saturated carbocycles. The molecule has 2 saturated heterocycles. The number of piperidine rings is 1. The monoisotopic (exact) mass is 427 g/mol. The lowest BCUT2D eigenvalue weighted by Crippen LogP contribution is -2.60. The van der Waals surface area contributed by atoms with Crippen LogP contribution in [0.2, 0.25) is 5.02 Å². The zero-order valence-corrected chi connectivity index (χ0v) is 17.8. The Hall–Kier alpha value is -1.41. The average Bonchev–Trinajstić information content (AvgIpc) is 3.09. The Kier molecular flexibility index (Phi) is 5.96. The molecule has 0 radical (unpaired) electrons. The number of carbonyl (C=O) groups is 1. The topological polar surface area (TPSA) is 61.4 Å². The minimum atomic E-state index is -0.104. The second kappa shape index (κ2) is 7.91. The number of anilines is 1. The van der Waals surface area contributed by atoms with E-state index in [0.717, 1.165) is 41.9 Å². The molecule has 0 aliphatic carbocycles. The summed E-state index contributed by atoms with van der Waals surface area (Å²) >= 11 is 7.90. The predicted octanol–water partition coefficient (Wildman–Crippen LogP) is 3.17. The van der Waals surface area contributed by atoms with E-state index < -0.39 is 0 Å². The standard InChI is InChI=1S/C18H22ClN5OS.ClH/c1-23(2)16(25)13-4-3-12(9-14(13)19)15-21-22-17(26-15)24-10-18(11-24)5-7-20-8-6-18;/h3-4,9,20H,5-8,10-11H2,1-2H3;1H. The quantitative estimate of drug-likeness (QED) is 0.814. The van der Waals surface area contributed by atoms with E-state index >= 15 is 0 Å². The number of amides is 1. The fourth-order valence-electron chi connectivity index (χ4n) is 3.69. The van der Waals surface area contributed by atoms with E-state index in [2.05, 4.69) is 20.4 Å². The van der Waals surface area contributed by atoms with Crippen molar-refractivity contribution in [3.05, 3.63) is 28.8 Å². The van der Waals surface area contributed by atoms with Crippen LogP contribution in [0.4, 0.5) is 5.13 Å². The first-order chi connectivity index (χ1) is 12.5. The van der Waals surface area contributed by atoms with Crippen LogP contribution in [0.3, 0.4) is 0 Å². The van der Waals surface area contributed by atoms with Crippen molar-refractivity contribution >= 4 is 46.4 Å². The molecule has 3 heterocycles. The molecule has 0 atom stereocenters. The van der Waals surface area contributed by atoms with Gasteiger partial charge in [0.2, 0.25) is 5.13 Å². The minimum Gasteiger partial charge on any atom is -0.345 e. The Labute approximate surface area is 174 Å². The number of aromatic nitrogens is 2. The van der Waals surface area contributed by atoms with E-state index in [0.29, 0.717) is 16.0 Å². The third-order valence-corrected chi connectivity index (χ3v) is 6.60. The van der Waals surface area contributed by atoms with Gasteiger partial charge in [0, 0.05) is 38.2 Å². The second-order valence-electron chi connectivity index (χ2n) is 7.39. The number of halogens is 2. The molecule has 1 spiro atoms. The van der Waals surface area contributed by atoms with Crippen molar-refractivity contribution in [1.82, 2.24) is 20.4 Å². The van der Waals surface area contributed by atoms with E-state index in [1.54, 1.807) is 37.6 Å². The summed E-state index contributed by atoms with van der Waals surface area (Å²) in [5, 5.41) is 14.4. The van der Waals surface area contributed by atoms with Crippen LogP contribution in [0.5, 0.6) is 0 Å². The summed E-state index contributed by atoms with van der Waals surface area (Å²) in [5.74, 6) is -0.104. The Balaban J connectivity index is 0.00000210. The first-order valence-electron chi connectivity index (χ1n) is 8.78. The number of hydrogen-bond donors (Lipinski definition) is 1. The smallest absolute Gasteiger partial charge is 0.254 e. The third kappa shape index (κ3) is 3.92. The number of hydrogen-bond acceptors (Lipinski definition) is 6. The van der Waals surface area contributed by atoms with Crippen LogP contribution in [0, 0.1) is 5.41 Å². The zero-order chi connectivity index (χ0) is 18.3. The van der Waals surface area contributed by atoms with Crippen molar-refractivity contribution < 1.29 is 4.79 Å². The van der Waals surface area contributed by atoms with Gasteiger partial charge in [-0.2, -0.15) is 0 Å². The average molecular weight is 428 g/mol. The van der Waals surface area contributed by atoms with Crippen LogP contribution in [0.15, 0.2) is 18.2 Å². The van der Waals surface area contributed by atoms with Gasteiger partial charge in [-0.25, -0.2) is 0 Å². The van der Waals surface area contributed by atoms with Gasteiger partial charge in [-0.05, 0) is 38.1 Å². The molecule has 9 heteroatoms. The van der Waals surface area contributed by atoms with Gasteiger partial charge in [-0.1, -0.05) is 29.0 Å². The summed E-state index contributed by atoms with van der Waals surface area (Å²) in [6.45, 7) is 4.37. The summed E-state index contributed by atoms with van der Waals surface area (Å²) in [6.07, 6.45) is 2.48. The Morgan fingerprint density at radius 3 is 2.59 bits per heavy atom. The highest BCUT2D eigenvalue weighted by Gasteiger charge is 2.44. The zero-order valence-electron chi connectivity index (χ0n) is 15.4. The second-order valence-corrected chi connectivity index (χ2v) is 8.75. The lowest BCUT2D eigenvalue weighted by atomic mass is 9.73. The van der Waals surface area contributed by atoms with Gasteiger partial charge >= 0.3 is 0 Å². The molecule has 1 N–H and O–H groups in total. The molecule has 1 aromatic carbocycles. The highest BCUT2D eigenvalue weighted by molar-refractivity contribution is 7.18. The van der Waals surface area contributed by atoms with Gasteiger partial charge in [0.15, 0.2) is 0 Å². The van der Waals surface area contributed by atoms with Crippen molar-refractivity contribution in [2.45, 2.75) is 12.8 Å². The molecule has 6 nitrogen and oxygen atoms in total. The number of nitrogens with zero attached hydrogens (tertiary/aromatic N) is 4. The SMILES string of the molecule is CN(C)C(=O)c1ccc(-c2nnc(N3CC4(CCNCC4)C3)s2)cc1Cl.Cl. The lowest BCUT2D eigenvalue weighted by Gasteiger charge is -2.52. The Morgan fingerprint density at radius 2 is 1.96 bits per heavy atom. The summed E-state index contributed by atoms with van der Waals surface area (Å²) < 4.78 is 0. The Bertz CT molecular complexity index is 827. The van der Waals surface area contributed by atoms with Gasteiger partial charge in [-0.15, -0.1) is 22.6 Å². The van der Waals surface area contributed by atoms with Crippen molar-refractivity contribution in [2.24, 2.45) is 5.41 Å². The van der Waals surface area contributed by atoms with Gasteiger partial charge in [0.05, 0.1) is 10.6 Å². The summed E-state index contributed by atoms with van der Waals surface area (Å²) in [6, 6.07) is 5.44. The largest absolute Gasteiger partial charge is 0.345 e. The maximum absolute atomic E-state index is 12.1.